The first-order valence-corrected chi connectivity index (χ1v) is 4.72. The minimum Gasteiger partial charge on any atom is -0.346 e. The van der Waals surface area contributed by atoms with Gasteiger partial charge >= 0.3 is 0 Å². The van der Waals surface area contributed by atoms with Crippen LogP contribution < -0.4 is 5.32 Å². The van der Waals surface area contributed by atoms with E-state index >= 15 is 0 Å². The van der Waals surface area contributed by atoms with Gasteiger partial charge in [0, 0.05) is 0 Å². The van der Waals surface area contributed by atoms with Gasteiger partial charge in [-0.05, 0) is 13.8 Å². The van der Waals surface area contributed by atoms with Crippen molar-refractivity contribution in [3.05, 3.63) is 11.7 Å². The average Bonchev–Trinajstić information content (AvgIpc) is 2.47. The monoisotopic (exact) mass is 247 g/mol. The van der Waals surface area contributed by atoms with E-state index in [2.05, 4.69) is 31.4 Å². The molecule has 72 valence electrons. The number of aryl methyl sites for hydroxylation is 1. The first-order chi connectivity index (χ1) is 6.09. The Labute approximate surface area is 84.0 Å². The van der Waals surface area contributed by atoms with E-state index in [1.807, 2.05) is 0 Å². The molecule has 0 aliphatic heterocycles. The molecule has 0 aliphatic rings. The van der Waals surface area contributed by atoms with Gasteiger partial charge in [0.25, 0.3) is 0 Å². The van der Waals surface area contributed by atoms with Crippen LogP contribution in [0.25, 0.3) is 0 Å². The summed E-state index contributed by atoms with van der Waals surface area (Å²) in [5.41, 5.74) is 0. The van der Waals surface area contributed by atoms with E-state index < -0.39 is 0 Å². The molecule has 5 nitrogen and oxygen atoms in total. The van der Waals surface area contributed by atoms with Gasteiger partial charge in [-0.25, -0.2) is 0 Å². The summed E-state index contributed by atoms with van der Waals surface area (Å²) in [6, 6.07) is 0. The number of carbonyl (C=O) groups is 1. The zero-order valence-corrected chi connectivity index (χ0v) is 8.96. The molecule has 0 saturated heterocycles. The smallest absolute Gasteiger partial charge is 0.246 e. The number of aromatic nitrogens is 2. The Kier molecular flexibility index (Phi) is 3.41. The zero-order chi connectivity index (χ0) is 9.84. The number of carbonyl (C=O) groups excluding carboxylic acids is 1. The molecule has 0 aliphatic carbocycles. The standard InChI is InChI=1S/C7H10BrN3O2/c1-4(8)7(12)9-3-6-10-5(2)11-13-6/h4H,3H2,1-2H3,(H,9,12). The lowest BCUT2D eigenvalue weighted by Gasteiger charge is -2.02. The molecule has 1 aromatic heterocycles. The van der Waals surface area contributed by atoms with Crippen molar-refractivity contribution in [2.45, 2.75) is 25.2 Å². The number of hydrogen-bond donors (Lipinski definition) is 1. The molecule has 0 fully saturated rings. The van der Waals surface area contributed by atoms with Gasteiger partial charge in [0.2, 0.25) is 11.8 Å². The Morgan fingerprint density at radius 1 is 1.77 bits per heavy atom. The molecule has 13 heavy (non-hydrogen) atoms. The average molecular weight is 248 g/mol. The Balaban J connectivity index is 2.39. The molecule has 1 N–H and O–H groups in total. The Bertz CT molecular complexity index is 298. The van der Waals surface area contributed by atoms with E-state index in [1.54, 1.807) is 13.8 Å². The second-order valence-electron chi connectivity index (χ2n) is 2.57. The van der Waals surface area contributed by atoms with Crippen molar-refractivity contribution in [2.24, 2.45) is 0 Å². The van der Waals surface area contributed by atoms with Crippen LogP contribution >= 0.6 is 15.9 Å². The first kappa shape index (κ1) is 10.2. The van der Waals surface area contributed by atoms with Gasteiger partial charge in [-0.3, -0.25) is 4.79 Å². The van der Waals surface area contributed by atoms with Gasteiger partial charge < -0.3 is 9.84 Å². The number of nitrogens with one attached hydrogen (secondary N) is 1. The minimum absolute atomic E-state index is 0.101. The summed E-state index contributed by atoms with van der Waals surface area (Å²) in [4.78, 5) is 14.8. The van der Waals surface area contributed by atoms with Crippen LogP contribution in [-0.4, -0.2) is 20.9 Å². The molecule has 1 atom stereocenters. The third-order valence-electron chi connectivity index (χ3n) is 1.34. The van der Waals surface area contributed by atoms with Crippen molar-refractivity contribution in [1.29, 1.82) is 0 Å². The maximum atomic E-state index is 11.1. The van der Waals surface area contributed by atoms with E-state index in [-0.39, 0.29) is 17.3 Å². The van der Waals surface area contributed by atoms with Crippen LogP contribution in [0.15, 0.2) is 4.52 Å². The lowest BCUT2D eigenvalue weighted by Crippen LogP contribution is -2.28. The zero-order valence-electron chi connectivity index (χ0n) is 7.37. The molecule has 1 aromatic rings. The van der Waals surface area contributed by atoms with Crippen molar-refractivity contribution < 1.29 is 9.32 Å². The van der Waals surface area contributed by atoms with Gasteiger partial charge in [-0.2, -0.15) is 4.98 Å². The fourth-order valence-electron chi connectivity index (χ4n) is 0.715. The molecule has 1 heterocycles. The molecule has 1 rings (SSSR count). The van der Waals surface area contributed by atoms with Crippen LogP contribution in [0.2, 0.25) is 0 Å². The van der Waals surface area contributed by atoms with Gasteiger partial charge in [0.05, 0.1) is 11.4 Å². The molecule has 0 spiro atoms. The number of amides is 1. The number of alkyl halides is 1. The summed E-state index contributed by atoms with van der Waals surface area (Å²) in [7, 11) is 0. The van der Waals surface area contributed by atoms with Crippen LogP contribution in [0.1, 0.15) is 18.6 Å². The number of rotatable bonds is 3. The Morgan fingerprint density at radius 3 is 2.92 bits per heavy atom. The number of hydrogen-bond acceptors (Lipinski definition) is 4. The van der Waals surface area contributed by atoms with E-state index in [0.717, 1.165) is 0 Å². The number of halogens is 1. The molecular formula is C7H10BrN3O2. The lowest BCUT2D eigenvalue weighted by atomic mass is 10.4. The Hall–Kier alpha value is -0.910. The van der Waals surface area contributed by atoms with Crippen molar-refractivity contribution in [3.8, 4) is 0 Å². The summed E-state index contributed by atoms with van der Waals surface area (Å²) in [5, 5.41) is 6.22. The van der Waals surface area contributed by atoms with Gasteiger partial charge in [-0.1, -0.05) is 21.1 Å². The summed E-state index contributed by atoms with van der Waals surface area (Å²) in [6.45, 7) is 3.74. The summed E-state index contributed by atoms with van der Waals surface area (Å²) >= 11 is 3.14. The Morgan fingerprint density at radius 2 is 2.46 bits per heavy atom. The summed E-state index contributed by atoms with van der Waals surface area (Å²) < 4.78 is 4.80. The lowest BCUT2D eigenvalue weighted by molar-refractivity contribution is -0.120. The quantitative estimate of drug-likeness (QED) is 0.802. The highest BCUT2D eigenvalue weighted by Gasteiger charge is 2.09. The molecule has 0 radical (unpaired) electrons. The van der Waals surface area contributed by atoms with Gasteiger partial charge in [0.15, 0.2) is 5.82 Å². The van der Waals surface area contributed by atoms with E-state index in [1.165, 1.54) is 0 Å². The molecule has 0 bridgehead atoms. The van der Waals surface area contributed by atoms with Crippen LogP contribution in [0.4, 0.5) is 0 Å². The second kappa shape index (κ2) is 4.36. The van der Waals surface area contributed by atoms with Crippen LogP contribution in [0.5, 0.6) is 0 Å². The van der Waals surface area contributed by atoms with E-state index in [0.29, 0.717) is 11.7 Å². The topological polar surface area (TPSA) is 68.0 Å². The fraction of sp³-hybridized carbons (Fsp3) is 0.571. The van der Waals surface area contributed by atoms with Gasteiger partial charge in [-0.15, -0.1) is 0 Å². The van der Waals surface area contributed by atoms with Crippen LogP contribution in [-0.2, 0) is 11.3 Å². The third-order valence-corrected chi connectivity index (χ3v) is 1.76. The molecule has 6 heteroatoms. The second-order valence-corrected chi connectivity index (χ2v) is 3.94. The summed E-state index contributed by atoms with van der Waals surface area (Å²) in [5.74, 6) is 0.881. The predicted octanol–water partition coefficient (Wildman–Crippen LogP) is 0.778. The van der Waals surface area contributed by atoms with Crippen molar-refractivity contribution in [2.75, 3.05) is 0 Å². The predicted molar refractivity (Wildman–Crippen MR) is 49.3 cm³/mol. The summed E-state index contributed by atoms with van der Waals surface area (Å²) in [6.07, 6.45) is 0. The first-order valence-electron chi connectivity index (χ1n) is 3.80. The molecule has 1 unspecified atom stereocenters. The van der Waals surface area contributed by atoms with Crippen molar-refractivity contribution >= 4 is 21.8 Å². The maximum Gasteiger partial charge on any atom is 0.246 e. The van der Waals surface area contributed by atoms with Crippen molar-refractivity contribution in [1.82, 2.24) is 15.5 Å². The maximum absolute atomic E-state index is 11.1. The minimum atomic E-state index is -0.212. The van der Waals surface area contributed by atoms with Crippen molar-refractivity contribution in [3.63, 3.8) is 0 Å². The largest absolute Gasteiger partial charge is 0.346 e. The fourth-order valence-corrected chi connectivity index (χ4v) is 0.877. The number of nitrogens with zero attached hydrogens (tertiary/aromatic N) is 2. The van der Waals surface area contributed by atoms with E-state index in [4.69, 9.17) is 4.52 Å². The highest BCUT2D eigenvalue weighted by atomic mass is 79.9. The third kappa shape index (κ3) is 3.14. The highest BCUT2D eigenvalue weighted by Crippen LogP contribution is 1.98. The van der Waals surface area contributed by atoms with Gasteiger partial charge in [0.1, 0.15) is 0 Å². The molecular weight excluding hydrogens is 238 g/mol. The van der Waals surface area contributed by atoms with Crippen LogP contribution in [0, 0.1) is 6.92 Å². The highest BCUT2D eigenvalue weighted by molar-refractivity contribution is 9.10. The molecule has 0 saturated carbocycles. The van der Waals surface area contributed by atoms with Crippen LogP contribution in [0.3, 0.4) is 0 Å². The van der Waals surface area contributed by atoms with E-state index in [9.17, 15) is 4.79 Å². The SMILES string of the molecule is Cc1noc(CNC(=O)C(C)Br)n1. The molecule has 0 aromatic carbocycles. The molecule has 1 amide bonds. The normalized spacial score (nSPS) is 12.5.